The van der Waals surface area contributed by atoms with Crippen LogP contribution in [0.2, 0.25) is 0 Å². The van der Waals surface area contributed by atoms with E-state index in [2.05, 4.69) is 0 Å². The van der Waals surface area contributed by atoms with Gasteiger partial charge in [0.05, 0.1) is 0 Å². The predicted octanol–water partition coefficient (Wildman–Crippen LogP) is -6.28. The van der Waals surface area contributed by atoms with Crippen LogP contribution in [-0.4, -0.2) is 11.9 Å². The van der Waals surface area contributed by atoms with Crippen LogP contribution in [-0.2, 0) is 9.59 Å². The molecule has 92 valence electrons. The van der Waals surface area contributed by atoms with Crippen LogP contribution in [0.1, 0.15) is 45.4 Å². The molecule has 0 aliphatic heterocycles. The van der Waals surface area contributed by atoms with E-state index in [1.165, 1.54) is 0 Å². The molecule has 0 bridgehead atoms. The maximum absolute atomic E-state index is 11.0. The van der Waals surface area contributed by atoms with Gasteiger partial charge >= 0.3 is 59.1 Å². The monoisotopic (exact) mass is 272 g/mol. The number of unbranched alkanes of at least 4 members (excludes halogenated alkanes) is 1. The molecule has 0 amide bonds. The molecule has 0 N–H and O–H groups in total. The molecule has 4 nitrogen and oxygen atoms in total. The topological polar surface area (TPSA) is 80.3 Å². The number of hydrogen-bond acceptors (Lipinski definition) is 4. The molecule has 0 saturated heterocycles. The molecule has 0 aromatic rings. The average Bonchev–Trinajstić information content (AvgIpc) is 2.25. The zero-order valence-electron chi connectivity index (χ0n) is 11.6. The van der Waals surface area contributed by atoms with Gasteiger partial charge in [-0.3, -0.25) is 0 Å². The Hall–Kier alpha value is 0.940. The summed E-state index contributed by atoms with van der Waals surface area (Å²) in [6.07, 6.45) is 4.68. The van der Waals surface area contributed by atoms with Gasteiger partial charge in [0.15, 0.2) is 0 Å². The summed E-state index contributed by atoms with van der Waals surface area (Å²) in [6.45, 7) is 2.03. The van der Waals surface area contributed by atoms with Crippen LogP contribution >= 0.6 is 0 Å². The van der Waals surface area contributed by atoms with Crippen molar-refractivity contribution in [3.63, 3.8) is 0 Å². The van der Waals surface area contributed by atoms with E-state index in [9.17, 15) is 19.8 Å². The van der Waals surface area contributed by atoms with Gasteiger partial charge in [-0.1, -0.05) is 26.2 Å². The van der Waals surface area contributed by atoms with Gasteiger partial charge in [0.25, 0.3) is 0 Å². The smallest absolute Gasteiger partial charge is 0.550 e. The number of carboxylic acid groups (broad SMARTS) is 2. The Morgan fingerprint density at radius 3 is 2.17 bits per heavy atom. The minimum atomic E-state index is -1.24. The molecule has 18 heavy (non-hydrogen) atoms. The number of aliphatic carboxylic acids is 2. The molecule has 6 heteroatoms. The number of carboxylic acids is 2. The van der Waals surface area contributed by atoms with Gasteiger partial charge in [-0.15, -0.1) is 0 Å². The van der Waals surface area contributed by atoms with Crippen molar-refractivity contribution < 1.29 is 78.9 Å². The van der Waals surface area contributed by atoms with Crippen molar-refractivity contribution in [3.05, 3.63) is 0 Å². The third-order valence-corrected chi connectivity index (χ3v) is 3.53. The van der Waals surface area contributed by atoms with Crippen molar-refractivity contribution in [3.8, 4) is 0 Å². The van der Waals surface area contributed by atoms with Crippen LogP contribution in [0.25, 0.3) is 0 Å². The second-order valence-electron chi connectivity index (χ2n) is 4.60. The molecule has 1 aliphatic carbocycles. The molecule has 1 aliphatic rings. The predicted molar refractivity (Wildman–Crippen MR) is 53.9 cm³/mol. The van der Waals surface area contributed by atoms with E-state index in [4.69, 9.17) is 0 Å². The van der Waals surface area contributed by atoms with Crippen molar-refractivity contribution in [2.45, 2.75) is 45.4 Å². The number of carbonyl (C=O) groups is 2. The van der Waals surface area contributed by atoms with E-state index in [-0.39, 0.29) is 65.0 Å². The minimum absolute atomic E-state index is 0. The van der Waals surface area contributed by atoms with E-state index < -0.39 is 23.8 Å². The number of hydrogen-bond donors (Lipinski definition) is 0. The first-order valence-corrected chi connectivity index (χ1v) is 5.99. The Morgan fingerprint density at radius 1 is 1.11 bits per heavy atom. The van der Waals surface area contributed by atoms with Gasteiger partial charge in [0.1, 0.15) is 0 Å². The Labute approximate surface area is 152 Å². The first-order chi connectivity index (χ1) is 7.57. The molecule has 0 spiro atoms. The second-order valence-corrected chi connectivity index (χ2v) is 4.60. The molecule has 0 heterocycles. The van der Waals surface area contributed by atoms with Crippen LogP contribution in [0.15, 0.2) is 0 Å². The summed E-state index contributed by atoms with van der Waals surface area (Å²) >= 11 is 0. The Balaban J connectivity index is 0. The van der Waals surface area contributed by atoms with E-state index in [0.29, 0.717) is 6.42 Å². The molecule has 3 atom stereocenters. The van der Waals surface area contributed by atoms with Crippen molar-refractivity contribution in [2.24, 2.45) is 17.8 Å². The third kappa shape index (κ3) is 5.93. The van der Waals surface area contributed by atoms with Crippen LogP contribution < -0.4 is 69.3 Å². The van der Waals surface area contributed by atoms with Crippen LogP contribution in [0.4, 0.5) is 0 Å². The normalized spacial score (nSPS) is 26.6. The Morgan fingerprint density at radius 2 is 1.72 bits per heavy atom. The van der Waals surface area contributed by atoms with Crippen molar-refractivity contribution in [1.82, 2.24) is 0 Å². The zero-order chi connectivity index (χ0) is 12.1. The van der Waals surface area contributed by atoms with E-state index in [1.54, 1.807) is 0 Å². The van der Waals surface area contributed by atoms with Crippen molar-refractivity contribution in [1.29, 1.82) is 0 Å². The number of rotatable bonds is 5. The SMILES string of the molecule is CCCCC1CCCC(C(=O)[O-])C1C(=O)[O-].[Na+].[Na+]. The van der Waals surface area contributed by atoms with Gasteiger partial charge < -0.3 is 19.8 Å². The molecule has 3 unspecified atom stereocenters. The second kappa shape index (κ2) is 10.7. The minimum Gasteiger partial charge on any atom is -0.550 e. The summed E-state index contributed by atoms with van der Waals surface area (Å²) in [5.74, 6) is -4.24. The zero-order valence-corrected chi connectivity index (χ0v) is 15.6. The molecule has 1 fully saturated rings. The molecular formula is C12H18Na2O4. The quantitative estimate of drug-likeness (QED) is 0.466. The van der Waals surface area contributed by atoms with E-state index in [1.807, 2.05) is 6.92 Å². The standard InChI is InChI=1S/C12H20O4.2Na/c1-2-3-5-8-6-4-7-9(11(13)14)10(8)12(15)16;;/h8-10H,2-7H2,1H3,(H,13,14)(H,15,16);;/q;2*+1/p-2. The van der Waals surface area contributed by atoms with E-state index >= 15 is 0 Å². The van der Waals surface area contributed by atoms with Gasteiger partial charge in [-0.05, 0) is 25.2 Å². The van der Waals surface area contributed by atoms with Crippen molar-refractivity contribution in [2.75, 3.05) is 0 Å². The summed E-state index contributed by atoms with van der Waals surface area (Å²) in [4.78, 5) is 21.9. The average molecular weight is 272 g/mol. The summed E-state index contributed by atoms with van der Waals surface area (Å²) in [5, 5.41) is 21.9. The van der Waals surface area contributed by atoms with E-state index in [0.717, 1.165) is 32.1 Å². The number of carbonyl (C=O) groups excluding carboxylic acids is 2. The summed E-state index contributed by atoms with van der Waals surface area (Å²) < 4.78 is 0. The molecule has 0 radical (unpaired) electrons. The van der Waals surface area contributed by atoms with Crippen LogP contribution in [0.3, 0.4) is 0 Å². The Bertz CT molecular complexity index is 271. The van der Waals surface area contributed by atoms with Gasteiger partial charge in [-0.2, -0.15) is 0 Å². The van der Waals surface area contributed by atoms with Gasteiger partial charge in [0, 0.05) is 23.8 Å². The van der Waals surface area contributed by atoms with Gasteiger partial charge in [-0.25, -0.2) is 0 Å². The summed E-state index contributed by atoms with van der Waals surface area (Å²) in [5.41, 5.74) is 0. The largest absolute Gasteiger partial charge is 1.00 e. The van der Waals surface area contributed by atoms with Crippen LogP contribution in [0, 0.1) is 17.8 Å². The maximum atomic E-state index is 11.0. The molecule has 1 rings (SSSR count). The van der Waals surface area contributed by atoms with Crippen molar-refractivity contribution >= 4 is 11.9 Å². The summed E-state index contributed by atoms with van der Waals surface area (Å²) in [7, 11) is 0. The fourth-order valence-electron chi connectivity index (χ4n) is 2.70. The fourth-order valence-corrected chi connectivity index (χ4v) is 2.70. The molecular weight excluding hydrogens is 254 g/mol. The maximum Gasteiger partial charge on any atom is 1.00 e. The Kier molecular flexibility index (Phi) is 12.6. The molecule has 0 aromatic heterocycles. The van der Waals surface area contributed by atoms with Crippen LogP contribution in [0.5, 0.6) is 0 Å². The summed E-state index contributed by atoms with van der Waals surface area (Å²) in [6, 6.07) is 0. The third-order valence-electron chi connectivity index (χ3n) is 3.53. The molecule has 0 aromatic carbocycles. The first-order valence-electron chi connectivity index (χ1n) is 5.99. The first kappa shape index (κ1) is 21.2. The fraction of sp³-hybridized carbons (Fsp3) is 0.833. The van der Waals surface area contributed by atoms with Gasteiger partial charge in [0.2, 0.25) is 0 Å². The molecule has 1 saturated carbocycles.